The van der Waals surface area contributed by atoms with Gasteiger partial charge in [-0.3, -0.25) is 4.40 Å². The molecule has 1 fully saturated rings. The molecule has 0 aromatic carbocycles. The number of hydrogen-bond acceptors (Lipinski definition) is 4. The molecule has 2 heterocycles. The molecule has 1 saturated carbocycles. The van der Waals surface area contributed by atoms with E-state index in [2.05, 4.69) is 9.88 Å². The van der Waals surface area contributed by atoms with Gasteiger partial charge in [0.05, 0.1) is 18.9 Å². The second-order valence-electron chi connectivity index (χ2n) is 4.97. The highest BCUT2D eigenvalue weighted by Gasteiger charge is 2.28. The van der Waals surface area contributed by atoms with E-state index < -0.39 is 0 Å². The second kappa shape index (κ2) is 5.19. The van der Waals surface area contributed by atoms with Gasteiger partial charge in [0.2, 0.25) is 0 Å². The van der Waals surface area contributed by atoms with Crippen LogP contribution < -0.4 is 4.90 Å². The van der Waals surface area contributed by atoms with Crippen LogP contribution in [-0.4, -0.2) is 38.8 Å². The molecule has 5 heteroatoms. The summed E-state index contributed by atoms with van der Waals surface area (Å²) in [4.78, 5) is 6.76. The first-order chi connectivity index (χ1) is 9.35. The van der Waals surface area contributed by atoms with Crippen LogP contribution in [0.3, 0.4) is 0 Å². The SMILES string of the molecule is OCCN(c1nc2ccccn2c1CO)C1CCC1. The smallest absolute Gasteiger partial charge is 0.153 e. The molecule has 0 amide bonds. The zero-order chi connectivity index (χ0) is 13.2. The molecule has 1 aliphatic carbocycles. The Labute approximate surface area is 112 Å². The van der Waals surface area contributed by atoms with Crippen molar-refractivity contribution in [3.63, 3.8) is 0 Å². The first-order valence-corrected chi connectivity index (χ1v) is 6.79. The summed E-state index contributed by atoms with van der Waals surface area (Å²) in [6, 6.07) is 6.24. The molecule has 19 heavy (non-hydrogen) atoms. The molecule has 0 radical (unpaired) electrons. The standard InChI is InChI=1S/C14H19N3O2/c18-9-8-16(11-4-3-5-11)14-12(10-19)17-7-2-1-6-13(17)15-14/h1-2,6-7,11,18-19H,3-5,8-10H2. The molecule has 5 nitrogen and oxygen atoms in total. The summed E-state index contributed by atoms with van der Waals surface area (Å²) in [5.41, 5.74) is 1.64. The number of aliphatic hydroxyl groups excluding tert-OH is 2. The van der Waals surface area contributed by atoms with Gasteiger partial charge in [-0.15, -0.1) is 0 Å². The lowest BCUT2D eigenvalue weighted by Gasteiger charge is -2.38. The number of pyridine rings is 1. The highest BCUT2D eigenvalue weighted by atomic mass is 16.3. The maximum Gasteiger partial charge on any atom is 0.153 e. The molecular weight excluding hydrogens is 242 g/mol. The van der Waals surface area contributed by atoms with Gasteiger partial charge in [0.25, 0.3) is 0 Å². The zero-order valence-corrected chi connectivity index (χ0v) is 10.9. The Bertz CT molecular complexity index is 563. The molecular formula is C14H19N3O2. The number of anilines is 1. The summed E-state index contributed by atoms with van der Waals surface area (Å²) in [7, 11) is 0. The average Bonchev–Trinajstić information content (AvgIpc) is 2.74. The summed E-state index contributed by atoms with van der Waals surface area (Å²) >= 11 is 0. The Balaban J connectivity index is 2.05. The molecule has 3 rings (SSSR count). The van der Waals surface area contributed by atoms with Crippen molar-refractivity contribution in [3.05, 3.63) is 30.1 Å². The minimum atomic E-state index is -0.0465. The van der Waals surface area contributed by atoms with Crippen LogP contribution in [0.25, 0.3) is 5.65 Å². The van der Waals surface area contributed by atoms with Crippen LogP contribution in [0.15, 0.2) is 24.4 Å². The van der Waals surface area contributed by atoms with Gasteiger partial charge in [-0.1, -0.05) is 6.07 Å². The number of aliphatic hydroxyl groups is 2. The molecule has 1 aliphatic rings. The van der Waals surface area contributed by atoms with Crippen LogP contribution in [0, 0.1) is 0 Å². The highest BCUT2D eigenvalue weighted by molar-refractivity contribution is 5.56. The first-order valence-electron chi connectivity index (χ1n) is 6.79. The monoisotopic (exact) mass is 261 g/mol. The predicted molar refractivity (Wildman–Crippen MR) is 73.2 cm³/mol. The number of hydrogen-bond donors (Lipinski definition) is 2. The fourth-order valence-electron chi connectivity index (χ4n) is 2.68. The molecule has 0 unspecified atom stereocenters. The topological polar surface area (TPSA) is 61.0 Å². The van der Waals surface area contributed by atoms with Crippen LogP contribution in [0.4, 0.5) is 5.82 Å². The van der Waals surface area contributed by atoms with Crippen LogP contribution >= 0.6 is 0 Å². The lowest BCUT2D eigenvalue weighted by Crippen LogP contribution is -2.42. The van der Waals surface area contributed by atoms with Gasteiger partial charge >= 0.3 is 0 Å². The van der Waals surface area contributed by atoms with Crippen LogP contribution in [0.2, 0.25) is 0 Å². The largest absolute Gasteiger partial charge is 0.395 e. The molecule has 0 saturated heterocycles. The summed E-state index contributed by atoms with van der Waals surface area (Å²) < 4.78 is 1.92. The minimum absolute atomic E-state index is 0.0465. The van der Waals surface area contributed by atoms with Gasteiger partial charge in [0.15, 0.2) is 5.82 Å². The molecule has 0 aliphatic heterocycles. The number of rotatable bonds is 5. The lowest BCUT2D eigenvalue weighted by atomic mass is 9.91. The van der Waals surface area contributed by atoms with Crippen molar-refractivity contribution in [2.45, 2.75) is 31.9 Å². The van der Waals surface area contributed by atoms with Crippen molar-refractivity contribution in [1.29, 1.82) is 0 Å². The maximum absolute atomic E-state index is 9.64. The van der Waals surface area contributed by atoms with E-state index in [0.29, 0.717) is 12.6 Å². The van der Waals surface area contributed by atoms with E-state index in [1.807, 2.05) is 28.8 Å². The van der Waals surface area contributed by atoms with E-state index in [9.17, 15) is 10.2 Å². The highest BCUT2D eigenvalue weighted by Crippen LogP contribution is 2.31. The maximum atomic E-state index is 9.64. The minimum Gasteiger partial charge on any atom is -0.395 e. The van der Waals surface area contributed by atoms with Gasteiger partial charge in [-0.2, -0.15) is 0 Å². The second-order valence-corrected chi connectivity index (χ2v) is 4.97. The molecule has 2 N–H and O–H groups in total. The molecule has 0 bridgehead atoms. The number of nitrogens with zero attached hydrogens (tertiary/aromatic N) is 3. The van der Waals surface area contributed by atoms with E-state index in [1.165, 1.54) is 6.42 Å². The Morgan fingerprint density at radius 3 is 2.79 bits per heavy atom. The molecule has 0 atom stereocenters. The van der Waals surface area contributed by atoms with Crippen molar-refractivity contribution >= 4 is 11.5 Å². The Hall–Kier alpha value is -1.59. The fourth-order valence-corrected chi connectivity index (χ4v) is 2.68. The summed E-state index contributed by atoms with van der Waals surface area (Å²) in [6.45, 7) is 0.631. The Kier molecular flexibility index (Phi) is 3.40. The Morgan fingerprint density at radius 1 is 1.32 bits per heavy atom. The molecule has 102 valence electrons. The average molecular weight is 261 g/mol. The Morgan fingerprint density at radius 2 is 2.16 bits per heavy atom. The van der Waals surface area contributed by atoms with Crippen LogP contribution in [0.1, 0.15) is 25.0 Å². The van der Waals surface area contributed by atoms with E-state index in [1.54, 1.807) is 0 Å². The molecule has 2 aromatic heterocycles. The first kappa shape index (κ1) is 12.4. The van der Waals surface area contributed by atoms with Crippen LogP contribution in [-0.2, 0) is 6.61 Å². The quantitative estimate of drug-likeness (QED) is 0.848. The molecule has 2 aromatic rings. The van der Waals surface area contributed by atoms with Crippen molar-refractivity contribution in [1.82, 2.24) is 9.38 Å². The van der Waals surface area contributed by atoms with Gasteiger partial charge in [-0.05, 0) is 31.4 Å². The van der Waals surface area contributed by atoms with E-state index in [-0.39, 0.29) is 13.2 Å². The normalized spacial score (nSPS) is 15.7. The van der Waals surface area contributed by atoms with Crippen molar-refractivity contribution in [2.75, 3.05) is 18.1 Å². The van der Waals surface area contributed by atoms with Crippen molar-refractivity contribution < 1.29 is 10.2 Å². The summed E-state index contributed by atoms with van der Waals surface area (Å²) in [5.74, 6) is 0.812. The zero-order valence-electron chi connectivity index (χ0n) is 10.9. The van der Waals surface area contributed by atoms with E-state index in [0.717, 1.165) is 30.0 Å². The van der Waals surface area contributed by atoms with Crippen LogP contribution in [0.5, 0.6) is 0 Å². The lowest BCUT2D eigenvalue weighted by molar-refractivity contribution is 0.269. The number of aromatic nitrogens is 2. The third-order valence-corrected chi connectivity index (χ3v) is 3.89. The number of fused-ring (bicyclic) bond motifs is 1. The molecule has 0 spiro atoms. The van der Waals surface area contributed by atoms with Crippen molar-refractivity contribution in [2.24, 2.45) is 0 Å². The van der Waals surface area contributed by atoms with Crippen molar-refractivity contribution in [3.8, 4) is 0 Å². The van der Waals surface area contributed by atoms with E-state index >= 15 is 0 Å². The number of imidazole rings is 1. The predicted octanol–water partition coefficient (Wildman–Crippen LogP) is 1.18. The van der Waals surface area contributed by atoms with Gasteiger partial charge < -0.3 is 15.1 Å². The third kappa shape index (κ3) is 2.09. The van der Waals surface area contributed by atoms with E-state index in [4.69, 9.17) is 0 Å². The van der Waals surface area contributed by atoms with Gasteiger partial charge in [0, 0.05) is 18.8 Å². The third-order valence-electron chi connectivity index (χ3n) is 3.89. The van der Waals surface area contributed by atoms with Gasteiger partial charge in [0.1, 0.15) is 5.65 Å². The fraction of sp³-hybridized carbons (Fsp3) is 0.500. The van der Waals surface area contributed by atoms with Gasteiger partial charge in [-0.25, -0.2) is 4.98 Å². The summed E-state index contributed by atoms with van der Waals surface area (Å²) in [6.07, 6.45) is 5.42. The summed E-state index contributed by atoms with van der Waals surface area (Å²) in [5, 5.41) is 18.9.